The number of carbonyl (C=O) groups excluding carboxylic acids is 2. The molecule has 0 radical (unpaired) electrons. The van der Waals surface area contributed by atoms with E-state index in [4.69, 9.17) is 16.3 Å². The van der Waals surface area contributed by atoms with Crippen LogP contribution in [0.25, 0.3) is 0 Å². The van der Waals surface area contributed by atoms with Crippen molar-refractivity contribution in [1.82, 2.24) is 5.32 Å². The molecule has 1 atom stereocenters. The zero-order valence-electron chi connectivity index (χ0n) is 14.1. The zero-order chi connectivity index (χ0) is 18.0. The van der Waals surface area contributed by atoms with Crippen LogP contribution in [-0.2, 0) is 9.59 Å². The van der Waals surface area contributed by atoms with E-state index in [9.17, 15) is 9.59 Å². The highest BCUT2D eigenvalue weighted by Gasteiger charge is 2.37. The second-order valence-electron chi connectivity index (χ2n) is 5.99. The van der Waals surface area contributed by atoms with Crippen LogP contribution < -0.4 is 15.0 Å². The Hall–Kier alpha value is -2.53. The summed E-state index contributed by atoms with van der Waals surface area (Å²) in [6, 6.07) is 12.3. The highest BCUT2D eigenvalue weighted by atomic mass is 35.5. The molecule has 1 N–H and O–H groups in total. The molecule has 0 aliphatic carbocycles. The first-order chi connectivity index (χ1) is 12.0. The maximum absolute atomic E-state index is 12.7. The van der Waals surface area contributed by atoms with Crippen molar-refractivity contribution in [1.29, 1.82) is 0 Å². The summed E-state index contributed by atoms with van der Waals surface area (Å²) in [6.45, 7) is 4.12. The van der Waals surface area contributed by atoms with Gasteiger partial charge in [0.2, 0.25) is 5.91 Å². The summed E-state index contributed by atoms with van der Waals surface area (Å²) in [7, 11) is 0. The molecular formula is C19H19ClN2O3. The third-order valence-electron chi connectivity index (χ3n) is 4.03. The van der Waals surface area contributed by atoms with E-state index in [1.54, 1.807) is 23.1 Å². The Balaban J connectivity index is 1.75. The smallest absolute Gasteiger partial charge is 0.254 e. The molecule has 1 aliphatic rings. The fraction of sp³-hybridized carbons (Fsp3) is 0.263. The quantitative estimate of drug-likeness (QED) is 0.892. The van der Waals surface area contributed by atoms with Gasteiger partial charge in [-0.05, 0) is 42.8 Å². The average Bonchev–Trinajstić information content (AvgIpc) is 2.80. The lowest BCUT2D eigenvalue weighted by atomic mass is 10.1. The minimum absolute atomic E-state index is 0.180. The van der Waals surface area contributed by atoms with Crippen LogP contribution in [-0.4, -0.2) is 25.0 Å². The molecule has 5 nitrogen and oxygen atoms in total. The number of carbonyl (C=O) groups is 2. The Morgan fingerprint density at radius 3 is 2.80 bits per heavy atom. The fourth-order valence-electron chi connectivity index (χ4n) is 2.94. The van der Waals surface area contributed by atoms with E-state index < -0.39 is 6.04 Å². The summed E-state index contributed by atoms with van der Waals surface area (Å²) in [5.41, 5.74) is 2.57. The van der Waals surface area contributed by atoms with Crippen molar-refractivity contribution < 1.29 is 14.3 Å². The second-order valence-corrected chi connectivity index (χ2v) is 6.43. The number of anilines is 1. The number of hydrogen-bond donors (Lipinski definition) is 1. The minimum Gasteiger partial charge on any atom is -0.492 e. The molecule has 2 aromatic rings. The first-order valence-electron chi connectivity index (χ1n) is 8.03. The van der Waals surface area contributed by atoms with Gasteiger partial charge in [0.25, 0.3) is 5.91 Å². The molecule has 6 heteroatoms. The highest BCUT2D eigenvalue weighted by molar-refractivity contribution is 6.31. The van der Waals surface area contributed by atoms with E-state index in [1.165, 1.54) is 6.92 Å². The Morgan fingerprint density at radius 2 is 2.08 bits per heavy atom. The van der Waals surface area contributed by atoms with Crippen LogP contribution in [0, 0.1) is 6.92 Å². The number of fused-ring (bicyclic) bond motifs is 1. The van der Waals surface area contributed by atoms with Crippen molar-refractivity contribution in [3.63, 3.8) is 0 Å². The van der Waals surface area contributed by atoms with Gasteiger partial charge in [0.05, 0.1) is 6.54 Å². The van der Waals surface area contributed by atoms with E-state index >= 15 is 0 Å². The van der Waals surface area contributed by atoms with Crippen LogP contribution in [0.1, 0.15) is 24.1 Å². The number of rotatable bonds is 5. The van der Waals surface area contributed by atoms with Gasteiger partial charge in [-0.25, -0.2) is 0 Å². The first-order valence-corrected chi connectivity index (χ1v) is 8.41. The van der Waals surface area contributed by atoms with Crippen LogP contribution in [0.3, 0.4) is 0 Å². The van der Waals surface area contributed by atoms with Gasteiger partial charge in [-0.15, -0.1) is 0 Å². The molecule has 2 amide bonds. The number of nitrogens with zero attached hydrogens (tertiary/aromatic N) is 1. The van der Waals surface area contributed by atoms with E-state index in [2.05, 4.69) is 5.32 Å². The van der Waals surface area contributed by atoms with Gasteiger partial charge in [0.1, 0.15) is 18.4 Å². The summed E-state index contributed by atoms with van der Waals surface area (Å²) in [6.07, 6.45) is 0. The lowest BCUT2D eigenvalue weighted by Crippen LogP contribution is -2.38. The summed E-state index contributed by atoms with van der Waals surface area (Å²) in [5.74, 6) is 0.323. The summed E-state index contributed by atoms with van der Waals surface area (Å²) >= 11 is 6.05. The van der Waals surface area contributed by atoms with Crippen LogP contribution >= 0.6 is 11.6 Å². The van der Waals surface area contributed by atoms with Crippen molar-refractivity contribution in [3.05, 3.63) is 58.6 Å². The van der Waals surface area contributed by atoms with Crippen LogP contribution in [0.5, 0.6) is 5.75 Å². The summed E-state index contributed by atoms with van der Waals surface area (Å²) in [4.78, 5) is 25.8. The molecule has 2 aromatic carbocycles. The number of hydrogen-bond acceptors (Lipinski definition) is 3. The minimum atomic E-state index is -0.704. The standard InChI is InChI=1S/C19H19ClN2O3/c1-12-4-3-5-15(10-12)25-9-8-22-17-7-6-14(20)11-16(17)18(19(22)24)21-13(2)23/h3-7,10-11,18H,8-9H2,1-2H3,(H,21,23). The molecule has 0 spiro atoms. The second kappa shape index (κ2) is 7.15. The normalized spacial score (nSPS) is 15.9. The fourth-order valence-corrected chi connectivity index (χ4v) is 3.12. The van der Waals surface area contributed by atoms with E-state index in [-0.39, 0.29) is 11.8 Å². The SMILES string of the molecule is CC(=O)NC1C(=O)N(CCOc2cccc(C)c2)c2ccc(Cl)cc21. The van der Waals surface area contributed by atoms with Crippen molar-refractivity contribution in [2.45, 2.75) is 19.9 Å². The number of ether oxygens (including phenoxy) is 1. The van der Waals surface area contributed by atoms with Crippen LogP contribution in [0.4, 0.5) is 5.69 Å². The van der Waals surface area contributed by atoms with Crippen molar-refractivity contribution in [2.24, 2.45) is 0 Å². The molecule has 0 saturated heterocycles. The molecule has 1 aliphatic heterocycles. The van der Waals surface area contributed by atoms with Gasteiger partial charge in [-0.2, -0.15) is 0 Å². The van der Waals surface area contributed by atoms with E-state index in [0.29, 0.717) is 23.7 Å². The summed E-state index contributed by atoms with van der Waals surface area (Å²) < 4.78 is 5.74. The maximum Gasteiger partial charge on any atom is 0.254 e. The van der Waals surface area contributed by atoms with E-state index in [0.717, 1.165) is 17.0 Å². The topological polar surface area (TPSA) is 58.6 Å². The Labute approximate surface area is 151 Å². The van der Waals surface area contributed by atoms with Gasteiger partial charge in [0.15, 0.2) is 0 Å². The molecule has 0 fully saturated rings. The van der Waals surface area contributed by atoms with Gasteiger partial charge in [-0.3, -0.25) is 9.59 Å². The molecule has 3 rings (SSSR count). The number of nitrogens with one attached hydrogen (secondary N) is 1. The predicted octanol–water partition coefficient (Wildman–Crippen LogP) is 3.25. The van der Waals surface area contributed by atoms with Crippen molar-refractivity contribution in [3.8, 4) is 5.75 Å². The first kappa shape index (κ1) is 17.3. The average molecular weight is 359 g/mol. The lowest BCUT2D eigenvalue weighted by Gasteiger charge is -2.18. The van der Waals surface area contributed by atoms with Gasteiger partial charge < -0.3 is 15.0 Å². The highest BCUT2D eigenvalue weighted by Crippen LogP contribution is 2.37. The Kier molecular flexibility index (Phi) is 4.95. The molecule has 0 bridgehead atoms. The Morgan fingerprint density at radius 1 is 1.28 bits per heavy atom. The molecule has 25 heavy (non-hydrogen) atoms. The molecule has 1 heterocycles. The molecule has 0 saturated carbocycles. The number of aryl methyl sites for hydroxylation is 1. The third-order valence-corrected chi connectivity index (χ3v) is 4.26. The summed E-state index contributed by atoms with van der Waals surface area (Å²) in [5, 5.41) is 3.22. The molecular weight excluding hydrogens is 340 g/mol. The molecule has 0 aromatic heterocycles. The predicted molar refractivity (Wildman–Crippen MR) is 97.0 cm³/mol. The third kappa shape index (κ3) is 3.77. The lowest BCUT2D eigenvalue weighted by molar-refractivity contribution is -0.126. The number of halogens is 1. The molecule has 1 unspecified atom stereocenters. The van der Waals surface area contributed by atoms with Crippen LogP contribution in [0.2, 0.25) is 5.02 Å². The largest absolute Gasteiger partial charge is 0.492 e. The van der Waals surface area contributed by atoms with Gasteiger partial charge in [-0.1, -0.05) is 23.7 Å². The van der Waals surface area contributed by atoms with Crippen molar-refractivity contribution in [2.75, 3.05) is 18.1 Å². The Bertz CT molecular complexity index is 822. The van der Waals surface area contributed by atoms with Crippen molar-refractivity contribution >= 4 is 29.1 Å². The molecule has 130 valence electrons. The van der Waals surface area contributed by atoms with E-state index in [1.807, 2.05) is 31.2 Å². The maximum atomic E-state index is 12.7. The zero-order valence-corrected chi connectivity index (χ0v) is 14.8. The van der Waals surface area contributed by atoms with Crippen LogP contribution in [0.15, 0.2) is 42.5 Å². The number of benzene rings is 2. The van der Waals surface area contributed by atoms with Gasteiger partial charge >= 0.3 is 0 Å². The number of amides is 2. The van der Waals surface area contributed by atoms with Gasteiger partial charge in [0, 0.05) is 23.2 Å². The monoisotopic (exact) mass is 358 g/mol.